The van der Waals surface area contributed by atoms with Gasteiger partial charge in [-0.2, -0.15) is 0 Å². The first kappa shape index (κ1) is 14.3. The number of pyridine rings is 1. The van der Waals surface area contributed by atoms with Crippen molar-refractivity contribution in [3.05, 3.63) is 64.3 Å². The van der Waals surface area contributed by atoms with E-state index in [0.29, 0.717) is 6.54 Å². The van der Waals surface area contributed by atoms with E-state index in [1.807, 2.05) is 26.1 Å². The maximum absolute atomic E-state index is 13.2. The van der Waals surface area contributed by atoms with Gasteiger partial charge >= 0.3 is 0 Å². The molecule has 0 saturated heterocycles. The van der Waals surface area contributed by atoms with Gasteiger partial charge in [0.05, 0.1) is 5.69 Å². The highest BCUT2D eigenvalue weighted by Crippen LogP contribution is 2.19. The fourth-order valence-electron chi connectivity index (χ4n) is 2.14. The highest BCUT2D eigenvalue weighted by molar-refractivity contribution is 5.43. The molecule has 0 bridgehead atoms. The molecular formula is C16H19FN2O. The number of aromatic nitrogens is 1. The first-order valence-corrected chi connectivity index (χ1v) is 6.82. The topological polar surface area (TPSA) is 34.0 Å². The largest absolute Gasteiger partial charge is 0.377 e. The Morgan fingerprint density at radius 2 is 2.10 bits per heavy atom. The Balaban J connectivity index is 2.17. The van der Waals surface area contributed by atoms with Crippen LogP contribution in [0.5, 0.6) is 0 Å². The first-order chi connectivity index (χ1) is 9.60. The smallest absolute Gasteiger partial charge is 0.250 e. The third-order valence-corrected chi connectivity index (χ3v) is 3.18. The minimum absolute atomic E-state index is 0.00388. The summed E-state index contributed by atoms with van der Waals surface area (Å²) < 4.78 is 14.9. The normalized spacial score (nSPS) is 12.2. The minimum Gasteiger partial charge on any atom is -0.377 e. The van der Waals surface area contributed by atoms with Crippen molar-refractivity contribution < 1.29 is 4.39 Å². The summed E-state index contributed by atoms with van der Waals surface area (Å²) in [5.41, 5.74) is 1.73. The van der Waals surface area contributed by atoms with Gasteiger partial charge in [-0.3, -0.25) is 4.79 Å². The predicted octanol–water partition coefficient (Wildman–Crippen LogP) is 3.57. The molecule has 1 N–H and O–H groups in total. The predicted molar refractivity (Wildman–Crippen MR) is 79.4 cm³/mol. The molecule has 2 rings (SSSR count). The van der Waals surface area contributed by atoms with Crippen LogP contribution >= 0.6 is 0 Å². The molecular weight excluding hydrogens is 255 g/mol. The lowest BCUT2D eigenvalue weighted by Gasteiger charge is -2.16. The maximum atomic E-state index is 13.2. The van der Waals surface area contributed by atoms with Crippen LogP contribution in [-0.2, 0) is 6.54 Å². The molecule has 20 heavy (non-hydrogen) atoms. The molecule has 0 saturated carbocycles. The molecule has 0 aliphatic rings. The highest BCUT2D eigenvalue weighted by atomic mass is 19.1. The minimum atomic E-state index is -0.243. The van der Waals surface area contributed by atoms with E-state index >= 15 is 0 Å². The number of anilines is 1. The molecule has 1 unspecified atom stereocenters. The molecule has 0 aliphatic heterocycles. The molecule has 0 radical (unpaired) electrons. The third-order valence-electron chi connectivity index (χ3n) is 3.18. The van der Waals surface area contributed by atoms with Gasteiger partial charge in [0.2, 0.25) is 0 Å². The number of halogens is 1. The average molecular weight is 274 g/mol. The van der Waals surface area contributed by atoms with Gasteiger partial charge in [-0.25, -0.2) is 4.39 Å². The Morgan fingerprint density at radius 3 is 2.80 bits per heavy atom. The quantitative estimate of drug-likeness (QED) is 0.904. The second-order valence-electron chi connectivity index (χ2n) is 4.87. The Bertz CT molecular complexity index is 636. The van der Waals surface area contributed by atoms with Crippen molar-refractivity contribution >= 4 is 5.69 Å². The van der Waals surface area contributed by atoms with Gasteiger partial charge in [-0.15, -0.1) is 0 Å². The lowest BCUT2D eigenvalue weighted by atomic mass is 10.1. The third kappa shape index (κ3) is 3.47. The van der Waals surface area contributed by atoms with E-state index in [2.05, 4.69) is 5.32 Å². The summed E-state index contributed by atoms with van der Waals surface area (Å²) in [6.07, 6.45) is 2.71. The Hall–Kier alpha value is -2.10. The van der Waals surface area contributed by atoms with Crippen LogP contribution in [-0.4, -0.2) is 4.57 Å². The fourth-order valence-corrected chi connectivity index (χ4v) is 2.14. The van der Waals surface area contributed by atoms with E-state index in [4.69, 9.17) is 0 Å². The number of rotatable bonds is 5. The summed E-state index contributed by atoms with van der Waals surface area (Å²) in [4.78, 5) is 11.6. The van der Waals surface area contributed by atoms with Gasteiger partial charge in [0.25, 0.3) is 5.56 Å². The van der Waals surface area contributed by atoms with Crippen LogP contribution in [0.4, 0.5) is 10.1 Å². The first-order valence-electron chi connectivity index (χ1n) is 6.82. The van der Waals surface area contributed by atoms with Crippen molar-refractivity contribution in [3.63, 3.8) is 0 Å². The lowest BCUT2D eigenvalue weighted by Crippen LogP contribution is -2.19. The van der Waals surface area contributed by atoms with E-state index in [9.17, 15) is 9.18 Å². The number of nitrogens with one attached hydrogen (secondary N) is 1. The monoisotopic (exact) mass is 274 g/mol. The number of aryl methyl sites for hydroxylation is 1. The van der Waals surface area contributed by atoms with Crippen molar-refractivity contribution in [1.82, 2.24) is 4.57 Å². The van der Waals surface area contributed by atoms with Crippen LogP contribution in [0, 0.1) is 5.82 Å². The van der Waals surface area contributed by atoms with Crippen LogP contribution in [0.15, 0.2) is 47.4 Å². The Labute approximate surface area is 118 Å². The van der Waals surface area contributed by atoms with Crippen LogP contribution in [0.2, 0.25) is 0 Å². The van der Waals surface area contributed by atoms with Gasteiger partial charge in [-0.1, -0.05) is 19.1 Å². The SMILES string of the molecule is CCCn1cc(NC(C)c2cccc(F)c2)ccc1=O. The molecule has 0 spiro atoms. The van der Waals surface area contributed by atoms with E-state index in [0.717, 1.165) is 17.7 Å². The molecule has 0 fully saturated rings. The molecule has 2 aromatic rings. The highest BCUT2D eigenvalue weighted by Gasteiger charge is 2.07. The molecule has 1 atom stereocenters. The molecule has 3 nitrogen and oxygen atoms in total. The van der Waals surface area contributed by atoms with Crippen molar-refractivity contribution in [2.75, 3.05) is 5.32 Å². The van der Waals surface area contributed by atoms with Crippen LogP contribution in [0.25, 0.3) is 0 Å². The van der Waals surface area contributed by atoms with Gasteiger partial charge in [0, 0.05) is 24.8 Å². The summed E-state index contributed by atoms with van der Waals surface area (Å²) in [5.74, 6) is -0.243. The van der Waals surface area contributed by atoms with Crippen LogP contribution in [0.3, 0.4) is 0 Å². The van der Waals surface area contributed by atoms with Gasteiger partial charge in [0.1, 0.15) is 5.82 Å². The van der Waals surface area contributed by atoms with Crippen molar-refractivity contribution in [2.24, 2.45) is 0 Å². The molecule has 1 aromatic heterocycles. The van der Waals surface area contributed by atoms with Crippen molar-refractivity contribution in [1.29, 1.82) is 0 Å². The van der Waals surface area contributed by atoms with Crippen molar-refractivity contribution in [3.8, 4) is 0 Å². The maximum Gasteiger partial charge on any atom is 0.250 e. The molecule has 106 valence electrons. The zero-order chi connectivity index (χ0) is 14.5. The van der Waals surface area contributed by atoms with E-state index in [-0.39, 0.29) is 17.4 Å². The zero-order valence-electron chi connectivity index (χ0n) is 11.8. The Morgan fingerprint density at radius 1 is 1.30 bits per heavy atom. The van der Waals surface area contributed by atoms with Gasteiger partial charge in [0.15, 0.2) is 0 Å². The van der Waals surface area contributed by atoms with Crippen LogP contribution in [0.1, 0.15) is 31.9 Å². The molecule has 1 aromatic carbocycles. The van der Waals surface area contributed by atoms with E-state index < -0.39 is 0 Å². The lowest BCUT2D eigenvalue weighted by molar-refractivity contribution is 0.623. The van der Waals surface area contributed by atoms with Crippen LogP contribution < -0.4 is 10.9 Å². The number of hydrogen-bond donors (Lipinski definition) is 1. The van der Waals surface area contributed by atoms with E-state index in [1.54, 1.807) is 22.8 Å². The average Bonchev–Trinajstić information content (AvgIpc) is 2.43. The van der Waals surface area contributed by atoms with Gasteiger partial charge in [-0.05, 0) is 37.1 Å². The summed E-state index contributed by atoms with van der Waals surface area (Å²) in [6.45, 7) is 4.69. The molecule has 0 aliphatic carbocycles. The number of nitrogens with zero attached hydrogens (tertiary/aromatic N) is 1. The summed E-state index contributed by atoms with van der Waals surface area (Å²) in [5, 5.41) is 3.29. The molecule has 4 heteroatoms. The summed E-state index contributed by atoms with van der Waals surface area (Å²) in [6, 6.07) is 9.79. The summed E-state index contributed by atoms with van der Waals surface area (Å²) >= 11 is 0. The molecule has 0 amide bonds. The zero-order valence-corrected chi connectivity index (χ0v) is 11.8. The Kier molecular flexibility index (Phi) is 4.56. The standard InChI is InChI=1S/C16H19FN2O/c1-3-9-19-11-15(7-8-16(19)20)18-12(2)13-5-4-6-14(17)10-13/h4-8,10-12,18H,3,9H2,1-2H3. The number of hydrogen-bond acceptors (Lipinski definition) is 2. The second kappa shape index (κ2) is 6.37. The van der Waals surface area contributed by atoms with Gasteiger partial charge < -0.3 is 9.88 Å². The van der Waals surface area contributed by atoms with Crippen molar-refractivity contribution in [2.45, 2.75) is 32.9 Å². The van der Waals surface area contributed by atoms with E-state index in [1.165, 1.54) is 12.1 Å². The number of benzene rings is 1. The second-order valence-corrected chi connectivity index (χ2v) is 4.87. The summed E-state index contributed by atoms with van der Waals surface area (Å²) in [7, 11) is 0. The fraction of sp³-hybridized carbons (Fsp3) is 0.312. The molecule has 1 heterocycles.